The third kappa shape index (κ3) is 9.51. The zero-order chi connectivity index (χ0) is 17.3. The Morgan fingerprint density at radius 2 is 1.92 bits per heavy atom. The standard InChI is InChI=1S/C16H33N5O2.HI/c1-6-21-11-7-8-13(21)12-20-14(17-5)18-9-10-19-15(22)23-16(2,3)4;/h13H,6-12H2,1-5H3,(H,19,22)(H2,17,18,20);1H. The van der Waals surface area contributed by atoms with E-state index in [0.717, 1.165) is 19.0 Å². The number of guanidine groups is 1. The van der Waals surface area contributed by atoms with E-state index >= 15 is 0 Å². The van der Waals surface area contributed by atoms with Crippen molar-refractivity contribution in [3.63, 3.8) is 0 Å². The number of amides is 1. The lowest BCUT2D eigenvalue weighted by atomic mass is 10.2. The van der Waals surface area contributed by atoms with E-state index in [4.69, 9.17) is 4.74 Å². The van der Waals surface area contributed by atoms with Crippen LogP contribution in [-0.2, 0) is 4.74 Å². The maximum Gasteiger partial charge on any atom is 0.407 e. The van der Waals surface area contributed by atoms with Crippen molar-refractivity contribution in [2.24, 2.45) is 4.99 Å². The van der Waals surface area contributed by atoms with Gasteiger partial charge in [0, 0.05) is 32.7 Å². The van der Waals surface area contributed by atoms with Crippen LogP contribution in [0.4, 0.5) is 4.79 Å². The predicted octanol–water partition coefficient (Wildman–Crippen LogP) is 1.78. The summed E-state index contributed by atoms with van der Waals surface area (Å²) in [6.07, 6.45) is 2.11. The van der Waals surface area contributed by atoms with Crippen molar-refractivity contribution in [3.05, 3.63) is 0 Å². The first-order valence-corrected chi connectivity index (χ1v) is 8.51. The minimum atomic E-state index is -0.471. The number of carbonyl (C=O) groups is 1. The van der Waals surface area contributed by atoms with Gasteiger partial charge in [-0.05, 0) is 46.7 Å². The highest BCUT2D eigenvalue weighted by atomic mass is 127. The van der Waals surface area contributed by atoms with Gasteiger partial charge in [0.1, 0.15) is 5.60 Å². The number of rotatable bonds is 6. The molecule has 24 heavy (non-hydrogen) atoms. The van der Waals surface area contributed by atoms with Crippen molar-refractivity contribution in [3.8, 4) is 0 Å². The number of aliphatic imine (C=N–C) groups is 1. The summed E-state index contributed by atoms with van der Waals surface area (Å²) in [5.41, 5.74) is -0.471. The van der Waals surface area contributed by atoms with Crippen LogP contribution in [-0.4, -0.2) is 68.4 Å². The second-order valence-electron chi connectivity index (χ2n) is 6.73. The van der Waals surface area contributed by atoms with Gasteiger partial charge in [-0.25, -0.2) is 4.79 Å². The van der Waals surface area contributed by atoms with E-state index in [1.807, 2.05) is 20.8 Å². The molecule has 0 spiro atoms. The van der Waals surface area contributed by atoms with E-state index in [2.05, 4.69) is 32.8 Å². The van der Waals surface area contributed by atoms with Crippen LogP contribution in [0.3, 0.4) is 0 Å². The lowest BCUT2D eigenvalue weighted by Gasteiger charge is -2.24. The number of likely N-dealkylation sites (tertiary alicyclic amines) is 1. The molecule has 7 nitrogen and oxygen atoms in total. The molecular weight excluding hydrogens is 421 g/mol. The number of carbonyl (C=O) groups excluding carboxylic acids is 1. The van der Waals surface area contributed by atoms with E-state index in [1.165, 1.54) is 19.4 Å². The molecule has 0 saturated carbocycles. The highest BCUT2D eigenvalue weighted by Crippen LogP contribution is 2.15. The Hall–Kier alpha value is -0.770. The van der Waals surface area contributed by atoms with Crippen molar-refractivity contribution in [2.45, 2.75) is 52.2 Å². The summed E-state index contributed by atoms with van der Waals surface area (Å²) in [6, 6.07) is 0.582. The van der Waals surface area contributed by atoms with Crippen molar-refractivity contribution < 1.29 is 9.53 Å². The van der Waals surface area contributed by atoms with Crippen molar-refractivity contribution in [1.29, 1.82) is 0 Å². The Morgan fingerprint density at radius 3 is 2.50 bits per heavy atom. The van der Waals surface area contributed by atoms with Crippen molar-refractivity contribution in [1.82, 2.24) is 20.9 Å². The molecule has 8 heteroatoms. The van der Waals surface area contributed by atoms with Crippen molar-refractivity contribution in [2.75, 3.05) is 39.8 Å². The number of ether oxygens (including phenoxy) is 1. The lowest BCUT2D eigenvalue weighted by Crippen LogP contribution is -2.46. The molecule has 0 bridgehead atoms. The highest BCUT2D eigenvalue weighted by molar-refractivity contribution is 14.0. The topological polar surface area (TPSA) is 78.0 Å². The largest absolute Gasteiger partial charge is 0.444 e. The normalized spacial score (nSPS) is 18.7. The fourth-order valence-electron chi connectivity index (χ4n) is 2.64. The van der Waals surface area contributed by atoms with Gasteiger partial charge in [-0.15, -0.1) is 24.0 Å². The summed E-state index contributed by atoms with van der Waals surface area (Å²) in [6.45, 7) is 12.0. The quantitative estimate of drug-likeness (QED) is 0.246. The smallest absolute Gasteiger partial charge is 0.407 e. The Morgan fingerprint density at radius 1 is 1.25 bits per heavy atom. The minimum absolute atomic E-state index is 0. The number of hydrogen-bond donors (Lipinski definition) is 3. The highest BCUT2D eigenvalue weighted by Gasteiger charge is 2.22. The Balaban J connectivity index is 0.00000529. The van der Waals surface area contributed by atoms with E-state index < -0.39 is 11.7 Å². The molecule has 0 aliphatic carbocycles. The van der Waals surface area contributed by atoms with Crippen LogP contribution in [0.25, 0.3) is 0 Å². The van der Waals surface area contributed by atoms with E-state index in [-0.39, 0.29) is 24.0 Å². The molecule has 1 rings (SSSR count). The minimum Gasteiger partial charge on any atom is -0.444 e. The number of nitrogens with one attached hydrogen (secondary N) is 3. The third-order valence-corrected chi connectivity index (χ3v) is 3.72. The van der Waals surface area contributed by atoms with Crippen LogP contribution >= 0.6 is 24.0 Å². The predicted molar refractivity (Wildman–Crippen MR) is 109 cm³/mol. The van der Waals surface area contributed by atoms with Crippen LogP contribution in [0, 0.1) is 0 Å². The first-order valence-electron chi connectivity index (χ1n) is 8.51. The molecule has 1 unspecified atom stereocenters. The summed E-state index contributed by atoms with van der Waals surface area (Å²) in [7, 11) is 1.75. The SMILES string of the molecule is CCN1CCCC1CNC(=NC)NCCNC(=O)OC(C)(C)C.I. The van der Waals surface area contributed by atoms with Crippen LogP contribution in [0.15, 0.2) is 4.99 Å². The fourth-order valence-corrected chi connectivity index (χ4v) is 2.64. The van der Waals surface area contributed by atoms with E-state index in [1.54, 1.807) is 7.05 Å². The molecule has 1 aliphatic rings. The number of halogens is 1. The van der Waals surface area contributed by atoms with Gasteiger partial charge in [0.25, 0.3) is 0 Å². The van der Waals surface area contributed by atoms with E-state index in [9.17, 15) is 4.79 Å². The molecule has 1 fully saturated rings. The van der Waals surface area contributed by atoms with Crippen LogP contribution in [0.2, 0.25) is 0 Å². The second kappa shape index (κ2) is 11.7. The van der Waals surface area contributed by atoms with Crippen LogP contribution < -0.4 is 16.0 Å². The zero-order valence-corrected chi connectivity index (χ0v) is 18.0. The third-order valence-electron chi connectivity index (χ3n) is 3.72. The first-order chi connectivity index (χ1) is 10.9. The summed E-state index contributed by atoms with van der Waals surface area (Å²) >= 11 is 0. The van der Waals surface area contributed by atoms with E-state index in [0.29, 0.717) is 19.1 Å². The average molecular weight is 455 g/mol. The van der Waals surface area contributed by atoms with Gasteiger partial charge >= 0.3 is 6.09 Å². The average Bonchev–Trinajstić information content (AvgIpc) is 2.92. The lowest BCUT2D eigenvalue weighted by molar-refractivity contribution is 0.0529. The van der Waals surface area contributed by atoms with Gasteiger partial charge in [0.2, 0.25) is 0 Å². The molecular formula is C16H34IN5O2. The fraction of sp³-hybridized carbons (Fsp3) is 0.875. The number of hydrogen-bond acceptors (Lipinski definition) is 4. The van der Waals surface area contributed by atoms with Gasteiger partial charge in [0.05, 0.1) is 0 Å². The maximum atomic E-state index is 11.5. The van der Waals surface area contributed by atoms with Crippen LogP contribution in [0.5, 0.6) is 0 Å². The zero-order valence-electron chi connectivity index (χ0n) is 15.6. The molecule has 0 aromatic rings. The number of alkyl carbamates (subject to hydrolysis) is 1. The Kier molecular flexibility index (Phi) is 11.4. The van der Waals surface area contributed by atoms with Gasteiger partial charge in [-0.2, -0.15) is 0 Å². The molecule has 1 heterocycles. The Bertz CT molecular complexity index is 398. The molecule has 1 aliphatic heterocycles. The molecule has 0 radical (unpaired) electrons. The summed E-state index contributed by atoms with van der Waals surface area (Å²) in [5.74, 6) is 0.763. The molecule has 0 aromatic carbocycles. The van der Waals surface area contributed by atoms with Gasteiger partial charge < -0.3 is 20.7 Å². The second-order valence-corrected chi connectivity index (χ2v) is 6.73. The number of likely N-dealkylation sites (N-methyl/N-ethyl adjacent to an activating group) is 1. The molecule has 142 valence electrons. The van der Waals surface area contributed by atoms with Crippen LogP contribution in [0.1, 0.15) is 40.5 Å². The Labute approximate surface area is 163 Å². The maximum absolute atomic E-state index is 11.5. The monoisotopic (exact) mass is 455 g/mol. The number of nitrogens with zero attached hydrogens (tertiary/aromatic N) is 2. The molecule has 1 amide bonds. The summed E-state index contributed by atoms with van der Waals surface area (Å²) in [4.78, 5) is 18.2. The van der Waals surface area contributed by atoms with Gasteiger partial charge in [-0.1, -0.05) is 6.92 Å². The molecule has 3 N–H and O–H groups in total. The molecule has 1 saturated heterocycles. The molecule has 0 aromatic heterocycles. The first kappa shape index (κ1) is 23.2. The summed E-state index contributed by atoms with van der Waals surface area (Å²) < 4.78 is 5.18. The van der Waals surface area contributed by atoms with Crippen molar-refractivity contribution >= 4 is 36.0 Å². The van der Waals surface area contributed by atoms with Gasteiger partial charge in [0.15, 0.2) is 5.96 Å². The molecule has 1 atom stereocenters. The summed E-state index contributed by atoms with van der Waals surface area (Å²) in [5, 5.41) is 9.27. The van der Waals surface area contributed by atoms with Gasteiger partial charge in [-0.3, -0.25) is 9.89 Å².